The zero-order valence-corrected chi connectivity index (χ0v) is 16.4. The lowest BCUT2D eigenvalue weighted by Crippen LogP contribution is -2.28. The Morgan fingerprint density at radius 2 is 1.38 bits per heavy atom. The van der Waals surface area contributed by atoms with Crippen LogP contribution in [0.4, 0.5) is 0 Å². The van der Waals surface area contributed by atoms with E-state index in [0.717, 1.165) is 6.54 Å². The number of carbonyl (C=O) groups excluding carboxylic acids is 2. The number of nitrogens with one attached hydrogen (secondary N) is 2. The number of ketones is 1. The maximum Gasteiger partial charge on any atom is 0.220 e. The molecule has 0 aliphatic carbocycles. The van der Waals surface area contributed by atoms with E-state index in [-0.39, 0.29) is 24.0 Å². The fraction of sp³-hybridized carbons (Fsp3) is 0.889. The molecule has 0 unspecified atom stereocenters. The summed E-state index contributed by atoms with van der Waals surface area (Å²) >= 11 is 0. The summed E-state index contributed by atoms with van der Waals surface area (Å²) in [6.07, 6.45) is 0.561. The number of rotatable bonds is 14. The van der Waals surface area contributed by atoms with E-state index in [1.54, 1.807) is 0 Å². The summed E-state index contributed by atoms with van der Waals surface area (Å²) in [5, 5.41) is 5.99. The Labute approximate surface area is 148 Å². The minimum Gasteiger partial charge on any atom is -0.378 e. The Kier molecular flexibility index (Phi) is 19.3. The smallest absolute Gasteiger partial charge is 0.220 e. The summed E-state index contributed by atoms with van der Waals surface area (Å²) in [7, 11) is 0. The van der Waals surface area contributed by atoms with Crippen LogP contribution in [0, 0.1) is 5.92 Å². The molecule has 144 valence electrons. The van der Waals surface area contributed by atoms with Crippen LogP contribution in [-0.2, 0) is 19.1 Å². The van der Waals surface area contributed by atoms with Crippen LogP contribution in [0.2, 0.25) is 0 Å². The van der Waals surface area contributed by atoms with Crippen molar-refractivity contribution in [3.63, 3.8) is 0 Å². The highest BCUT2D eigenvalue weighted by Crippen LogP contribution is 2.01. The van der Waals surface area contributed by atoms with Crippen LogP contribution < -0.4 is 10.6 Å². The maximum atomic E-state index is 11.5. The number of amides is 1. The van der Waals surface area contributed by atoms with Crippen molar-refractivity contribution in [3.05, 3.63) is 0 Å². The van der Waals surface area contributed by atoms with Crippen LogP contribution in [0.3, 0.4) is 0 Å². The number of Topliss-reactive ketones (excluding diaryl/α,β-unsaturated/α-hetero) is 1. The van der Waals surface area contributed by atoms with E-state index in [1.165, 1.54) is 0 Å². The monoisotopic (exact) mass is 346 g/mol. The van der Waals surface area contributed by atoms with Crippen LogP contribution in [0.1, 0.15) is 54.4 Å². The lowest BCUT2D eigenvalue weighted by Gasteiger charge is -2.09. The molecule has 0 aliphatic heterocycles. The van der Waals surface area contributed by atoms with E-state index in [4.69, 9.17) is 9.47 Å². The minimum atomic E-state index is -0.103. The van der Waals surface area contributed by atoms with Crippen molar-refractivity contribution >= 4 is 11.7 Å². The van der Waals surface area contributed by atoms with Gasteiger partial charge >= 0.3 is 0 Å². The fourth-order valence-electron chi connectivity index (χ4n) is 1.62. The van der Waals surface area contributed by atoms with Gasteiger partial charge in [0, 0.05) is 37.9 Å². The third kappa shape index (κ3) is 19.1. The highest BCUT2D eigenvalue weighted by molar-refractivity contribution is 5.85. The molecule has 0 rings (SSSR count). The summed E-state index contributed by atoms with van der Waals surface area (Å²) in [4.78, 5) is 22.9. The second-order valence-electron chi connectivity index (χ2n) is 5.80. The van der Waals surface area contributed by atoms with E-state index >= 15 is 0 Å². The first-order valence-electron chi connectivity index (χ1n) is 9.11. The highest BCUT2D eigenvalue weighted by atomic mass is 16.5. The minimum absolute atomic E-state index is 0.00753. The molecule has 24 heavy (non-hydrogen) atoms. The molecule has 0 heterocycles. The Morgan fingerprint density at radius 1 is 0.833 bits per heavy atom. The molecular formula is C18H38N2O4. The summed E-state index contributed by atoms with van der Waals surface area (Å²) in [5.74, 6) is 0.0102. The van der Waals surface area contributed by atoms with Crippen molar-refractivity contribution in [2.75, 3.05) is 39.5 Å². The number of carbonyl (C=O) groups is 2. The summed E-state index contributed by atoms with van der Waals surface area (Å²) < 4.78 is 10.7. The van der Waals surface area contributed by atoms with E-state index in [2.05, 4.69) is 24.5 Å². The third-order valence-electron chi connectivity index (χ3n) is 2.98. The van der Waals surface area contributed by atoms with E-state index in [0.29, 0.717) is 45.4 Å². The van der Waals surface area contributed by atoms with Crippen LogP contribution in [0.25, 0.3) is 0 Å². The van der Waals surface area contributed by atoms with Gasteiger partial charge in [-0.2, -0.15) is 0 Å². The molecule has 6 nitrogen and oxygen atoms in total. The first-order valence-corrected chi connectivity index (χ1v) is 9.11. The van der Waals surface area contributed by atoms with Crippen molar-refractivity contribution in [1.82, 2.24) is 10.6 Å². The molecule has 0 fully saturated rings. The number of hydrogen-bond donors (Lipinski definition) is 2. The largest absolute Gasteiger partial charge is 0.378 e. The van der Waals surface area contributed by atoms with Crippen molar-refractivity contribution < 1.29 is 19.1 Å². The molecule has 2 N–H and O–H groups in total. The van der Waals surface area contributed by atoms with E-state index in [9.17, 15) is 9.59 Å². The van der Waals surface area contributed by atoms with Gasteiger partial charge in [-0.25, -0.2) is 0 Å². The van der Waals surface area contributed by atoms with Crippen molar-refractivity contribution in [2.45, 2.75) is 60.4 Å². The second kappa shape index (κ2) is 18.4. The molecule has 0 spiro atoms. The normalized spacial score (nSPS) is 10.5. The van der Waals surface area contributed by atoms with Crippen molar-refractivity contribution in [2.24, 2.45) is 5.92 Å². The summed E-state index contributed by atoms with van der Waals surface area (Å²) in [6, 6.07) is 0.472. The quantitative estimate of drug-likeness (QED) is 0.471. The van der Waals surface area contributed by atoms with Crippen LogP contribution in [0.15, 0.2) is 0 Å². The van der Waals surface area contributed by atoms with Gasteiger partial charge in [-0.05, 0) is 0 Å². The Balaban J connectivity index is 0. The maximum absolute atomic E-state index is 11.5. The standard InChI is InChI=1S/C16H32N2O4.C2H6/c1-13(2)15(19)5-6-16(20)18-8-10-22-12-11-21-9-7-17-14(3)4;1-2/h13-14,17H,5-12H2,1-4H3,(H,18,20);1-2H3. The van der Waals surface area contributed by atoms with Gasteiger partial charge in [0.1, 0.15) is 5.78 Å². The van der Waals surface area contributed by atoms with Gasteiger partial charge in [-0.3, -0.25) is 9.59 Å². The molecule has 0 atom stereocenters. The average Bonchev–Trinajstić information content (AvgIpc) is 2.55. The fourth-order valence-corrected chi connectivity index (χ4v) is 1.62. The molecule has 0 aliphatic rings. The molecule has 0 aromatic heterocycles. The molecule has 0 aromatic carbocycles. The molecule has 0 bridgehead atoms. The number of hydrogen-bond acceptors (Lipinski definition) is 5. The molecule has 0 saturated heterocycles. The van der Waals surface area contributed by atoms with Crippen LogP contribution >= 0.6 is 0 Å². The lowest BCUT2D eigenvalue weighted by atomic mass is 10.0. The first-order chi connectivity index (χ1) is 11.4. The van der Waals surface area contributed by atoms with Crippen LogP contribution in [-0.4, -0.2) is 57.2 Å². The highest BCUT2D eigenvalue weighted by Gasteiger charge is 2.09. The average molecular weight is 347 g/mol. The van der Waals surface area contributed by atoms with Gasteiger partial charge in [0.05, 0.1) is 26.4 Å². The lowest BCUT2D eigenvalue weighted by molar-refractivity contribution is -0.126. The number of ether oxygens (including phenoxy) is 2. The molecule has 6 heteroatoms. The Hall–Kier alpha value is -0.980. The van der Waals surface area contributed by atoms with Gasteiger partial charge in [0.15, 0.2) is 0 Å². The SMILES string of the molecule is CC.CC(C)NCCOCCOCCNC(=O)CCC(=O)C(C)C. The summed E-state index contributed by atoms with van der Waals surface area (Å²) in [5.41, 5.74) is 0. The third-order valence-corrected chi connectivity index (χ3v) is 2.98. The Morgan fingerprint density at radius 3 is 1.88 bits per heavy atom. The van der Waals surface area contributed by atoms with Gasteiger partial charge < -0.3 is 20.1 Å². The zero-order chi connectivity index (χ0) is 18.8. The topological polar surface area (TPSA) is 76.7 Å². The van der Waals surface area contributed by atoms with Gasteiger partial charge in [-0.1, -0.05) is 41.5 Å². The second-order valence-corrected chi connectivity index (χ2v) is 5.80. The summed E-state index contributed by atoms with van der Waals surface area (Å²) in [6.45, 7) is 15.4. The van der Waals surface area contributed by atoms with Gasteiger partial charge in [0.25, 0.3) is 0 Å². The van der Waals surface area contributed by atoms with E-state index < -0.39 is 0 Å². The predicted octanol–water partition coefficient (Wildman–Crippen LogP) is 2.17. The van der Waals surface area contributed by atoms with E-state index in [1.807, 2.05) is 27.7 Å². The van der Waals surface area contributed by atoms with Crippen molar-refractivity contribution in [3.8, 4) is 0 Å². The van der Waals surface area contributed by atoms with Gasteiger partial charge in [-0.15, -0.1) is 0 Å². The van der Waals surface area contributed by atoms with Crippen LogP contribution in [0.5, 0.6) is 0 Å². The molecular weight excluding hydrogens is 308 g/mol. The zero-order valence-electron chi connectivity index (χ0n) is 16.4. The molecule has 0 aromatic rings. The Bertz CT molecular complexity index is 307. The van der Waals surface area contributed by atoms with Gasteiger partial charge in [0.2, 0.25) is 5.91 Å². The first kappa shape index (κ1) is 25.3. The van der Waals surface area contributed by atoms with Crippen molar-refractivity contribution in [1.29, 1.82) is 0 Å². The molecule has 1 amide bonds. The molecule has 0 radical (unpaired) electrons. The molecule has 0 saturated carbocycles. The predicted molar refractivity (Wildman–Crippen MR) is 98.2 cm³/mol.